The quantitative estimate of drug-likeness (QED) is 0.374. The minimum Gasteiger partial charge on any atom is -0.0837 e. The standard InChI is InChI=1S/C29H42Si/c1-7-10-14-28(15-12-11-13-16-28)21-29(20-22(4)23(5)24(29)6)30-27-18-25(8-2)17-26(9-3)19-27/h11-13,15,17-20H,7-10,14,16,21,30H2,1-6H3. The van der Waals surface area contributed by atoms with Crippen LogP contribution in [0.1, 0.15) is 84.8 Å². The number of allylic oxidation sites excluding steroid dienone is 8. The van der Waals surface area contributed by atoms with Crippen molar-refractivity contribution in [2.75, 3.05) is 0 Å². The zero-order valence-electron chi connectivity index (χ0n) is 20.3. The van der Waals surface area contributed by atoms with Crippen LogP contribution in [-0.4, -0.2) is 9.52 Å². The van der Waals surface area contributed by atoms with E-state index in [0.717, 1.165) is 12.8 Å². The average Bonchev–Trinajstić information content (AvgIpc) is 2.95. The molecule has 162 valence electrons. The predicted octanol–water partition coefficient (Wildman–Crippen LogP) is 7.14. The van der Waals surface area contributed by atoms with E-state index < -0.39 is 9.52 Å². The highest BCUT2D eigenvalue weighted by Gasteiger charge is 2.42. The van der Waals surface area contributed by atoms with Crippen LogP contribution in [0, 0.1) is 5.41 Å². The van der Waals surface area contributed by atoms with Crippen LogP contribution < -0.4 is 5.19 Å². The van der Waals surface area contributed by atoms with Crippen LogP contribution in [0.4, 0.5) is 0 Å². The fraction of sp³-hybridized carbons (Fsp3) is 0.517. The van der Waals surface area contributed by atoms with Crippen LogP contribution >= 0.6 is 0 Å². The Hall–Kier alpha value is -1.60. The molecule has 0 N–H and O–H groups in total. The highest BCUT2D eigenvalue weighted by atomic mass is 28.2. The molecule has 0 amide bonds. The molecule has 1 heteroatoms. The molecule has 0 saturated heterocycles. The maximum atomic E-state index is 2.69. The Balaban J connectivity index is 2.04. The number of hydrogen-bond donors (Lipinski definition) is 0. The van der Waals surface area contributed by atoms with Gasteiger partial charge in [-0.1, -0.05) is 98.5 Å². The molecule has 30 heavy (non-hydrogen) atoms. The number of hydrogen-bond acceptors (Lipinski definition) is 0. The summed E-state index contributed by atoms with van der Waals surface area (Å²) in [6.07, 6.45) is 20.9. The van der Waals surface area contributed by atoms with E-state index in [1.165, 1.54) is 48.8 Å². The third-order valence-corrected chi connectivity index (χ3v) is 10.2. The molecule has 2 unspecified atom stereocenters. The molecule has 3 rings (SSSR count). The van der Waals surface area contributed by atoms with E-state index in [0.29, 0.717) is 5.41 Å². The normalized spacial score (nSPS) is 26.3. The van der Waals surface area contributed by atoms with Crippen LogP contribution in [0.3, 0.4) is 0 Å². The maximum Gasteiger partial charge on any atom is 0.0706 e. The average molecular weight is 419 g/mol. The van der Waals surface area contributed by atoms with Crippen molar-refractivity contribution in [3.8, 4) is 0 Å². The minimum atomic E-state index is -0.512. The van der Waals surface area contributed by atoms with E-state index in [9.17, 15) is 0 Å². The molecule has 2 aliphatic rings. The molecule has 0 aromatic heterocycles. The Bertz CT molecular complexity index is 859. The van der Waals surface area contributed by atoms with Gasteiger partial charge in [-0.05, 0) is 75.0 Å². The van der Waals surface area contributed by atoms with Crippen molar-refractivity contribution in [2.45, 2.75) is 91.5 Å². The summed E-state index contributed by atoms with van der Waals surface area (Å²) in [5, 5.41) is 1.93. The van der Waals surface area contributed by atoms with E-state index >= 15 is 0 Å². The molecule has 0 radical (unpaired) electrons. The van der Waals surface area contributed by atoms with Crippen molar-refractivity contribution < 1.29 is 0 Å². The third-order valence-electron chi connectivity index (χ3n) is 7.76. The summed E-state index contributed by atoms with van der Waals surface area (Å²) < 4.78 is 0. The van der Waals surface area contributed by atoms with Gasteiger partial charge in [0.15, 0.2) is 0 Å². The van der Waals surface area contributed by atoms with Crippen LogP contribution in [0.5, 0.6) is 0 Å². The third kappa shape index (κ3) is 4.83. The summed E-state index contributed by atoms with van der Waals surface area (Å²) in [7, 11) is -0.512. The lowest BCUT2D eigenvalue weighted by Crippen LogP contribution is -2.35. The number of unbranched alkanes of at least 4 members (excludes halogenated alkanes) is 1. The first kappa shape index (κ1) is 23.1. The zero-order chi connectivity index (χ0) is 21.8. The summed E-state index contributed by atoms with van der Waals surface area (Å²) in [5.74, 6) is 0. The molecule has 2 atom stereocenters. The Morgan fingerprint density at radius 2 is 1.63 bits per heavy atom. The number of benzene rings is 1. The first-order valence-corrected chi connectivity index (χ1v) is 13.6. The van der Waals surface area contributed by atoms with Gasteiger partial charge in [-0.15, -0.1) is 0 Å². The second kappa shape index (κ2) is 9.69. The molecule has 0 spiro atoms. The maximum absolute atomic E-state index is 2.69. The van der Waals surface area contributed by atoms with Crippen molar-refractivity contribution in [2.24, 2.45) is 5.41 Å². The SMILES string of the molecule is CCCCC1(CC2([SiH2]c3cc(CC)cc(CC)c3)C=C(C)C(C)=C2C)C=CC=CC1. The highest BCUT2D eigenvalue weighted by Crippen LogP contribution is 2.56. The fourth-order valence-corrected chi connectivity index (χ4v) is 8.73. The topological polar surface area (TPSA) is 0 Å². The molecule has 1 aromatic rings. The minimum absolute atomic E-state index is 0.273. The van der Waals surface area contributed by atoms with Crippen molar-refractivity contribution in [1.29, 1.82) is 0 Å². The van der Waals surface area contributed by atoms with Gasteiger partial charge in [0.2, 0.25) is 0 Å². The lowest BCUT2D eigenvalue weighted by atomic mass is 9.70. The zero-order valence-corrected chi connectivity index (χ0v) is 21.7. The first-order valence-electron chi connectivity index (χ1n) is 12.2. The van der Waals surface area contributed by atoms with Crippen LogP contribution in [0.15, 0.2) is 65.3 Å². The molecule has 0 bridgehead atoms. The van der Waals surface area contributed by atoms with E-state index in [2.05, 4.69) is 90.1 Å². The lowest BCUT2D eigenvalue weighted by Gasteiger charge is -2.41. The van der Waals surface area contributed by atoms with Crippen LogP contribution in [0.2, 0.25) is 5.04 Å². The predicted molar refractivity (Wildman–Crippen MR) is 138 cm³/mol. The number of aryl methyl sites for hydroxylation is 2. The summed E-state index contributed by atoms with van der Waals surface area (Å²) >= 11 is 0. The van der Waals surface area contributed by atoms with Gasteiger partial charge in [-0.25, -0.2) is 0 Å². The Kier molecular flexibility index (Phi) is 7.45. The molecule has 0 saturated carbocycles. The van der Waals surface area contributed by atoms with Gasteiger partial charge < -0.3 is 0 Å². The molecule has 1 aromatic carbocycles. The molecule has 0 heterocycles. The van der Waals surface area contributed by atoms with Gasteiger partial charge in [0.25, 0.3) is 0 Å². The van der Waals surface area contributed by atoms with Gasteiger partial charge in [0.05, 0.1) is 9.52 Å². The van der Waals surface area contributed by atoms with E-state index in [-0.39, 0.29) is 5.04 Å². The van der Waals surface area contributed by atoms with Gasteiger partial charge in [-0.2, -0.15) is 0 Å². The van der Waals surface area contributed by atoms with Crippen molar-refractivity contribution >= 4 is 14.7 Å². The first-order chi connectivity index (χ1) is 14.4. The monoisotopic (exact) mass is 418 g/mol. The summed E-state index contributed by atoms with van der Waals surface area (Å²) in [4.78, 5) is 0. The molecule has 0 aliphatic heterocycles. The molecular formula is C29H42Si. The van der Waals surface area contributed by atoms with Crippen LogP contribution in [0.25, 0.3) is 0 Å². The Morgan fingerprint density at radius 3 is 2.13 bits per heavy atom. The van der Waals surface area contributed by atoms with Crippen molar-refractivity contribution in [1.82, 2.24) is 0 Å². The summed E-state index contributed by atoms with van der Waals surface area (Å²) in [6, 6.07) is 7.49. The van der Waals surface area contributed by atoms with Crippen molar-refractivity contribution in [3.05, 3.63) is 76.4 Å². The molecule has 2 aliphatic carbocycles. The summed E-state index contributed by atoms with van der Waals surface area (Å²) in [5.41, 5.74) is 8.08. The van der Waals surface area contributed by atoms with Gasteiger partial charge >= 0.3 is 0 Å². The second-order valence-corrected chi connectivity index (χ2v) is 12.3. The lowest BCUT2D eigenvalue weighted by molar-refractivity contribution is 0.295. The Labute approximate surface area is 188 Å². The largest absolute Gasteiger partial charge is 0.0837 e. The van der Waals surface area contributed by atoms with Crippen molar-refractivity contribution in [3.63, 3.8) is 0 Å². The van der Waals surface area contributed by atoms with E-state index in [4.69, 9.17) is 0 Å². The number of rotatable bonds is 9. The van der Waals surface area contributed by atoms with E-state index in [1.807, 2.05) is 0 Å². The van der Waals surface area contributed by atoms with Crippen LogP contribution in [-0.2, 0) is 12.8 Å². The second-order valence-electron chi connectivity index (χ2n) is 9.91. The molecule has 0 nitrogen and oxygen atoms in total. The highest BCUT2D eigenvalue weighted by molar-refractivity contribution is 6.58. The molecular weight excluding hydrogens is 376 g/mol. The van der Waals surface area contributed by atoms with E-state index in [1.54, 1.807) is 16.3 Å². The van der Waals surface area contributed by atoms with Gasteiger partial charge in [0.1, 0.15) is 0 Å². The summed E-state index contributed by atoms with van der Waals surface area (Å²) in [6.45, 7) is 14.1. The van der Waals surface area contributed by atoms with Gasteiger partial charge in [-0.3, -0.25) is 0 Å². The fourth-order valence-electron chi connectivity index (χ4n) is 5.71. The molecule has 0 fully saturated rings. The Morgan fingerprint density at radius 1 is 0.933 bits per heavy atom. The smallest absolute Gasteiger partial charge is 0.0706 e. The van der Waals surface area contributed by atoms with Gasteiger partial charge in [0, 0.05) is 5.04 Å².